The highest BCUT2D eigenvalue weighted by Crippen LogP contribution is 2.08. The van der Waals surface area contributed by atoms with Crippen LogP contribution >= 0.6 is 0 Å². The lowest BCUT2D eigenvalue weighted by atomic mass is 10.0. The number of piperidine rings is 2. The normalized spacial score (nSPS) is 26.7. The first-order valence-corrected chi connectivity index (χ1v) is 7.10. The summed E-state index contributed by atoms with van der Waals surface area (Å²) < 4.78 is 0. The van der Waals surface area contributed by atoms with Gasteiger partial charge in [0.1, 0.15) is 0 Å². The number of hydrogen-bond donors (Lipinski definition) is 2. The molecular weight excluding hydrogens is 214 g/mol. The summed E-state index contributed by atoms with van der Waals surface area (Å²) in [6, 6.07) is 0.0603. The van der Waals surface area contributed by atoms with Gasteiger partial charge in [-0.25, -0.2) is 0 Å². The van der Waals surface area contributed by atoms with Gasteiger partial charge in [0.25, 0.3) is 0 Å². The van der Waals surface area contributed by atoms with Crippen LogP contribution in [-0.2, 0) is 4.79 Å². The monoisotopic (exact) mass is 239 g/mol. The molecule has 2 fully saturated rings. The van der Waals surface area contributed by atoms with Gasteiger partial charge < -0.3 is 15.5 Å². The number of carbonyl (C=O) groups is 1. The maximum absolute atomic E-state index is 11.8. The molecular formula is C13H25N3O. The van der Waals surface area contributed by atoms with Crippen molar-refractivity contribution < 1.29 is 4.79 Å². The number of carbonyl (C=O) groups excluding carboxylic acids is 1. The molecule has 1 amide bonds. The topological polar surface area (TPSA) is 44.4 Å². The maximum atomic E-state index is 11.8. The molecule has 0 aromatic carbocycles. The van der Waals surface area contributed by atoms with E-state index in [0.29, 0.717) is 0 Å². The minimum absolute atomic E-state index is 0.0603. The van der Waals surface area contributed by atoms with Crippen LogP contribution in [0, 0.1) is 0 Å². The molecule has 98 valence electrons. The first kappa shape index (κ1) is 12.8. The number of rotatable bonds is 4. The van der Waals surface area contributed by atoms with Crippen molar-refractivity contribution in [1.29, 1.82) is 0 Å². The Kier molecular flexibility index (Phi) is 5.26. The molecule has 0 aliphatic carbocycles. The Morgan fingerprint density at radius 3 is 2.71 bits per heavy atom. The Hall–Kier alpha value is -0.610. The minimum atomic E-state index is 0.0603. The van der Waals surface area contributed by atoms with Crippen LogP contribution in [0.1, 0.15) is 38.5 Å². The van der Waals surface area contributed by atoms with Gasteiger partial charge in [-0.15, -0.1) is 0 Å². The third-order valence-electron chi connectivity index (χ3n) is 3.80. The van der Waals surface area contributed by atoms with Gasteiger partial charge in [0, 0.05) is 13.1 Å². The Labute approximate surface area is 104 Å². The molecule has 17 heavy (non-hydrogen) atoms. The van der Waals surface area contributed by atoms with Crippen molar-refractivity contribution in [3.63, 3.8) is 0 Å². The Morgan fingerprint density at radius 1 is 1.18 bits per heavy atom. The van der Waals surface area contributed by atoms with E-state index in [4.69, 9.17) is 0 Å². The van der Waals surface area contributed by atoms with Gasteiger partial charge >= 0.3 is 0 Å². The smallest absolute Gasteiger partial charge is 0.237 e. The molecule has 2 N–H and O–H groups in total. The molecule has 2 rings (SSSR count). The van der Waals surface area contributed by atoms with Crippen LogP contribution in [0.3, 0.4) is 0 Å². The molecule has 4 heteroatoms. The second kappa shape index (κ2) is 6.97. The van der Waals surface area contributed by atoms with Crippen LogP contribution < -0.4 is 10.6 Å². The Balaban J connectivity index is 1.58. The summed E-state index contributed by atoms with van der Waals surface area (Å²) in [5.41, 5.74) is 0. The van der Waals surface area contributed by atoms with E-state index in [-0.39, 0.29) is 11.9 Å². The first-order valence-electron chi connectivity index (χ1n) is 7.10. The highest BCUT2D eigenvalue weighted by Gasteiger charge is 2.20. The van der Waals surface area contributed by atoms with Gasteiger partial charge in [-0.05, 0) is 45.3 Å². The molecule has 2 heterocycles. The fourth-order valence-electron chi connectivity index (χ4n) is 2.72. The number of nitrogens with one attached hydrogen (secondary N) is 2. The zero-order valence-electron chi connectivity index (χ0n) is 10.7. The predicted molar refractivity (Wildman–Crippen MR) is 68.9 cm³/mol. The Bertz CT molecular complexity index is 233. The highest BCUT2D eigenvalue weighted by atomic mass is 16.2. The van der Waals surface area contributed by atoms with E-state index < -0.39 is 0 Å². The summed E-state index contributed by atoms with van der Waals surface area (Å²) in [6.45, 7) is 5.22. The second-order valence-corrected chi connectivity index (χ2v) is 5.20. The number of amides is 1. The van der Waals surface area contributed by atoms with Crippen molar-refractivity contribution in [2.75, 3.05) is 32.7 Å². The lowest BCUT2D eigenvalue weighted by Gasteiger charge is -2.27. The van der Waals surface area contributed by atoms with Crippen LogP contribution in [0.25, 0.3) is 0 Å². The van der Waals surface area contributed by atoms with E-state index in [2.05, 4.69) is 15.5 Å². The quantitative estimate of drug-likeness (QED) is 0.760. The van der Waals surface area contributed by atoms with E-state index in [1.165, 1.54) is 45.2 Å². The largest absolute Gasteiger partial charge is 0.353 e. The van der Waals surface area contributed by atoms with Gasteiger partial charge in [0.05, 0.1) is 6.04 Å². The van der Waals surface area contributed by atoms with Gasteiger partial charge in [-0.1, -0.05) is 12.8 Å². The summed E-state index contributed by atoms with van der Waals surface area (Å²) in [6.07, 6.45) is 7.38. The summed E-state index contributed by atoms with van der Waals surface area (Å²) in [7, 11) is 0. The maximum Gasteiger partial charge on any atom is 0.237 e. The van der Waals surface area contributed by atoms with Gasteiger partial charge in [-0.3, -0.25) is 4.79 Å². The van der Waals surface area contributed by atoms with Crippen molar-refractivity contribution in [3.8, 4) is 0 Å². The van der Waals surface area contributed by atoms with Gasteiger partial charge in [-0.2, -0.15) is 0 Å². The van der Waals surface area contributed by atoms with Gasteiger partial charge in [0.15, 0.2) is 0 Å². The molecule has 0 spiro atoms. The van der Waals surface area contributed by atoms with E-state index in [1.54, 1.807) is 0 Å². The molecule has 2 aliphatic rings. The molecule has 0 aromatic heterocycles. The number of hydrogen-bond acceptors (Lipinski definition) is 3. The Morgan fingerprint density at radius 2 is 2.00 bits per heavy atom. The van der Waals surface area contributed by atoms with Crippen molar-refractivity contribution in [1.82, 2.24) is 15.5 Å². The van der Waals surface area contributed by atoms with Crippen LogP contribution in [0.2, 0.25) is 0 Å². The molecule has 0 unspecified atom stereocenters. The van der Waals surface area contributed by atoms with Crippen molar-refractivity contribution >= 4 is 5.91 Å². The standard InChI is InChI=1S/C13H25N3O/c17-13(12-6-2-3-7-14-12)15-8-11-16-9-4-1-5-10-16/h12,14H,1-11H2,(H,15,17)/t12-/m0/s1. The molecule has 1 atom stereocenters. The first-order chi connectivity index (χ1) is 8.36. The third kappa shape index (κ3) is 4.28. The van der Waals surface area contributed by atoms with Crippen molar-refractivity contribution in [2.45, 2.75) is 44.6 Å². The summed E-state index contributed by atoms with van der Waals surface area (Å²) >= 11 is 0. The SMILES string of the molecule is O=C(NCCN1CCCCC1)[C@@H]1CCCCN1. The second-order valence-electron chi connectivity index (χ2n) is 5.20. The molecule has 2 saturated heterocycles. The van der Waals surface area contributed by atoms with Crippen molar-refractivity contribution in [3.05, 3.63) is 0 Å². The third-order valence-corrected chi connectivity index (χ3v) is 3.80. The van der Waals surface area contributed by atoms with E-state index in [1.807, 2.05) is 0 Å². The van der Waals surface area contributed by atoms with E-state index in [0.717, 1.165) is 26.1 Å². The molecule has 0 radical (unpaired) electrons. The lowest BCUT2D eigenvalue weighted by molar-refractivity contribution is -0.123. The van der Waals surface area contributed by atoms with Crippen LogP contribution in [0.15, 0.2) is 0 Å². The van der Waals surface area contributed by atoms with Crippen LogP contribution in [0.4, 0.5) is 0 Å². The minimum Gasteiger partial charge on any atom is -0.353 e. The number of nitrogens with zero attached hydrogens (tertiary/aromatic N) is 1. The van der Waals surface area contributed by atoms with Crippen molar-refractivity contribution in [2.24, 2.45) is 0 Å². The molecule has 0 aromatic rings. The molecule has 4 nitrogen and oxygen atoms in total. The highest BCUT2D eigenvalue weighted by molar-refractivity contribution is 5.81. The zero-order chi connectivity index (χ0) is 11.9. The summed E-state index contributed by atoms with van der Waals surface area (Å²) in [4.78, 5) is 14.3. The molecule has 2 aliphatic heterocycles. The lowest BCUT2D eigenvalue weighted by Crippen LogP contribution is -2.48. The van der Waals surface area contributed by atoms with Crippen LogP contribution in [-0.4, -0.2) is 49.6 Å². The predicted octanol–water partition coefficient (Wildman–Crippen LogP) is 0.731. The molecule has 0 bridgehead atoms. The van der Waals surface area contributed by atoms with Crippen LogP contribution in [0.5, 0.6) is 0 Å². The van der Waals surface area contributed by atoms with E-state index in [9.17, 15) is 4.79 Å². The summed E-state index contributed by atoms with van der Waals surface area (Å²) in [5, 5.41) is 6.34. The van der Waals surface area contributed by atoms with E-state index >= 15 is 0 Å². The number of likely N-dealkylation sites (tertiary alicyclic amines) is 1. The molecule has 0 saturated carbocycles. The summed E-state index contributed by atoms with van der Waals surface area (Å²) in [5.74, 6) is 0.196. The fourth-order valence-corrected chi connectivity index (χ4v) is 2.72. The average Bonchev–Trinajstić information content (AvgIpc) is 2.41. The van der Waals surface area contributed by atoms with Gasteiger partial charge in [0.2, 0.25) is 5.91 Å². The fraction of sp³-hybridized carbons (Fsp3) is 0.923. The average molecular weight is 239 g/mol. The zero-order valence-corrected chi connectivity index (χ0v) is 10.7.